The molecule has 0 saturated heterocycles. The van der Waals surface area contributed by atoms with Gasteiger partial charge < -0.3 is 0 Å². The summed E-state index contributed by atoms with van der Waals surface area (Å²) < 4.78 is 30.3. The van der Waals surface area contributed by atoms with Crippen molar-refractivity contribution >= 4 is 43.0 Å². The average Bonchev–Trinajstić information content (AvgIpc) is 3.08. The van der Waals surface area contributed by atoms with Crippen molar-refractivity contribution in [2.24, 2.45) is 0 Å². The Kier molecular flexibility index (Phi) is 4.07. The molecule has 0 atom stereocenters. The standard InChI is InChI=1S/C14H12BrN3O2S2/c1-10-6-7-14(21-10)22(19,20)17-12-4-2-3-5-13(12)18-9-11(15)8-16-18/h2-9,17H,1H3. The number of nitrogens with zero attached hydrogens (tertiary/aromatic N) is 2. The van der Waals surface area contributed by atoms with E-state index in [9.17, 15) is 8.42 Å². The number of rotatable bonds is 4. The fraction of sp³-hybridized carbons (Fsp3) is 0.0714. The van der Waals surface area contributed by atoms with Gasteiger partial charge in [0.1, 0.15) is 4.21 Å². The number of halogens is 1. The maximum atomic E-state index is 12.5. The molecular formula is C14H12BrN3O2S2. The normalized spacial score (nSPS) is 11.5. The molecule has 0 saturated carbocycles. The number of sulfonamides is 1. The van der Waals surface area contributed by atoms with Crippen molar-refractivity contribution in [3.05, 3.63) is 58.1 Å². The predicted octanol–water partition coefficient (Wildman–Crippen LogP) is 3.81. The van der Waals surface area contributed by atoms with Crippen LogP contribution in [0.2, 0.25) is 0 Å². The molecule has 0 radical (unpaired) electrons. The lowest BCUT2D eigenvalue weighted by Crippen LogP contribution is -2.13. The van der Waals surface area contributed by atoms with Gasteiger partial charge >= 0.3 is 0 Å². The maximum Gasteiger partial charge on any atom is 0.271 e. The van der Waals surface area contributed by atoms with Crippen LogP contribution in [0.5, 0.6) is 0 Å². The Balaban J connectivity index is 2.00. The van der Waals surface area contributed by atoms with E-state index in [1.54, 1.807) is 47.4 Å². The molecule has 0 bridgehead atoms. The second kappa shape index (κ2) is 5.86. The van der Waals surface area contributed by atoms with Gasteiger partial charge in [-0.25, -0.2) is 13.1 Å². The van der Waals surface area contributed by atoms with E-state index in [1.165, 1.54) is 11.3 Å². The molecule has 3 rings (SSSR count). The lowest BCUT2D eigenvalue weighted by molar-refractivity contribution is 0.603. The van der Waals surface area contributed by atoms with Crippen LogP contribution < -0.4 is 4.72 Å². The van der Waals surface area contributed by atoms with E-state index in [2.05, 4.69) is 25.8 Å². The molecule has 0 spiro atoms. The van der Waals surface area contributed by atoms with Crippen LogP contribution in [0.3, 0.4) is 0 Å². The van der Waals surface area contributed by atoms with E-state index in [4.69, 9.17) is 0 Å². The smallest absolute Gasteiger partial charge is 0.271 e. The lowest BCUT2D eigenvalue weighted by atomic mass is 10.3. The molecule has 0 unspecified atom stereocenters. The third-order valence-corrected chi connectivity index (χ3v) is 6.19. The Morgan fingerprint density at radius 3 is 2.64 bits per heavy atom. The molecule has 114 valence electrons. The van der Waals surface area contributed by atoms with Gasteiger partial charge in [0.05, 0.1) is 22.0 Å². The van der Waals surface area contributed by atoms with Crippen molar-refractivity contribution in [3.63, 3.8) is 0 Å². The summed E-state index contributed by atoms with van der Waals surface area (Å²) in [4.78, 5) is 0.949. The summed E-state index contributed by atoms with van der Waals surface area (Å²) in [6.45, 7) is 1.87. The Bertz CT molecular complexity index is 916. The summed E-state index contributed by atoms with van der Waals surface area (Å²) in [6.07, 6.45) is 3.41. The van der Waals surface area contributed by atoms with Crippen LogP contribution in [0.25, 0.3) is 5.69 Å². The van der Waals surface area contributed by atoms with Crippen molar-refractivity contribution in [2.45, 2.75) is 11.1 Å². The summed E-state index contributed by atoms with van der Waals surface area (Å²) in [5.74, 6) is 0. The monoisotopic (exact) mass is 397 g/mol. The third-order valence-electron chi connectivity index (χ3n) is 2.93. The molecule has 0 aliphatic carbocycles. The molecule has 3 aromatic rings. The molecule has 22 heavy (non-hydrogen) atoms. The second-order valence-electron chi connectivity index (χ2n) is 4.59. The number of benzene rings is 1. The highest BCUT2D eigenvalue weighted by Gasteiger charge is 2.18. The van der Waals surface area contributed by atoms with Gasteiger partial charge in [-0.3, -0.25) is 4.72 Å². The summed E-state index contributed by atoms with van der Waals surface area (Å²) in [6, 6.07) is 10.5. The average molecular weight is 398 g/mol. The van der Waals surface area contributed by atoms with Crippen LogP contribution in [0.4, 0.5) is 5.69 Å². The Morgan fingerprint density at radius 1 is 1.23 bits per heavy atom. The molecule has 8 heteroatoms. The fourth-order valence-electron chi connectivity index (χ4n) is 1.94. The molecule has 0 fully saturated rings. The number of anilines is 1. The molecule has 5 nitrogen and oxygen atoms in total. The van der Waals surface area contributed by atoms with Gasteiger partial charge in [0.2, 0.25) is 0 Å². The number of hydrogen-bond donors (Lipinski definition) is 1. The van der Waals surface area contributed by atoms with E-state index >= 15 is 0 Å². The number of nitrogens with one attached hydrogen (secondary N) is 1. The van der Waals surface area contributed by atoms with Crippen LogP contribution in [0.15, 0.2) is 57.5 Å². The molecule has 2 aromatic heterocycles. The number of thiophene rings is 1. The van der Waals surface area contributed by atoms with Crippen molar-refractivity contribution in [2.75, 3.05) is 4.72 Å². The second-order valence-corrected chi connectivity index (χ2v) is 8.70. The first-order chi connectivity index (χ1) is 10.5. The van der Waals surface area contributed by atoms with E-state index < -0.39 is 10.0 Å². The van der Waals surface area contributed by atoms with Gasteiger partial charge in [-0.1, -0.05) is 12.1 Å². The quantitative estimate of drug-likeness (QED) is 0.727. The van der Waals surface area contributed by atoms with Crippen molar-refractivity contribution in [1.29, 1.82) is 0 Å². The topological polar surface area (TPSA) is 64.0 Å². The van der Waals surface area contributed by atoms with Crippen LogP contribution in [0.1, 0.15) is 4.88 Å². The van der Waals surface area contributed by atoms with Gasteiger partial charge in [0, 0.05) is 11.1 Å². The first-order valence-corrected chi connectivity index (χ1v) is 9.44. The summed E-state index contributed by atoms with van der Waals surface area (Å²) in [5.41, 5.74) is 1.13. The zero-order valence-electron chi connectivity index (χ0n) is 11.5. The largest absolute Gasteiger partial charge is 0.277 e. The summed E-state index contributed by atoms with van der Waals surface area (Å²) in [7, 11) is -3.60. The molecular weight excluding hydrogens is 386 g/mol. The first kappa shape index (κ1) is 15.3. The van der Waals surface area contributed by atoms with Crippen LogP contribution >= 0.6 is 27.3 Å². The van der Waals surface area contributed by atoms with Crippen molar-refractivity contribution in [1.82, 2.24) is 9.78 Å². The minimum absolute atomic E-state index is 0.293. The molecule has 0 aliphatic rings. The maximum absolute atomic E-state index is 12.5. The van der Waals surface area contributed by atoms with Crippen LogP contribution in [-0.2, 0) is 10.0 Å². The van der Waals surface area contributed by atoms with Crippen molar-refractivity contribution in [3.8, 4) is 5.69 Å². The highest BCUT2D eigenvalue weighted by molar-refractivity contribution is 9.10. The minimum Gasteiger partial charge on any atom is -0.277 e. The fourth-order valence-corrected chi connectivity index (χ4v) is 4.59. The SMILES string of the molecule is Cc1ccc(S(=O)(=O)Nc2ccccc2-n2cc(Br)cn2)s1. The van der Waals surface area contributed by atoms with E-state index in [-0.39, 0.29) is 0 Å². The molecule has 1 aromatic carbocycles. The van der Waals surface area contributed by atoms with E-state index in [1.807, 2.05) is 13.0 Å². The van der Waals surface area contributed by atoms with E-state index in [0.29, 0.717) is 15.6 Å². The van der Waals surface area contributed by atoms with Gasteiger partial charge in [-0.15, -0.1) is 11.3 Å². The van der Waals surface area contributed by atoms with Crippen molar-refractivity contribution < 1.29 is 8.42 Å². The van der Waals surface area contributed by atoms with Gasteiger partial charge in [-0.2, -0.15) is 5.10 Å². The molecule has 2 heterocycles. The van der Waals surface area contributed by atoms with Gasteiger partial charge in [-0.05, 0) is 47.1 Å². The number of para-hydroxylation sites is 2. The first-order valence-electron chi connectivity index (χ1n) is 6.34. The minimum atomic E-state index is -3.60. The van der Waals surface area contributed by atoms with Crippen LogP contribution in [-0.4, -0.2) is 18.2 Å². The molecule has 0 amide bonds. The van der Waals surface area contributed by atoms with Gasteiger partial charge in [0.25, 0.3) is 10.0 Å². The Morgan fingerprint density at radius 2 is 2.00 bits per heavy atom. The zero-order valence-corrected chi connectivity index (χ0v) is 14.7. The number of hydrogen-bond acceptors (Lipinski definition) is 4. The summed E-state index contributed by atoms with van der Waals surface area (Å²) in [5, 5.41) is 4.19. The van der Waals surface area contributed by atoms with Gasteiger partial charge in [0.15, 0.2) is 0 Å². The summed E-state index contributed by atoms with van der Waals surface area (Å²) >= 11 is 4.57. The molecule has 1 N–H and O–H groups in total. The Hall–Kier alpha value is -1.64. The lowest BCUT2D eigenvalue weighted by Gasteiger charge is -2.11. The number of aromatic nitrogens is 2. The van der Waals surface area contributed by atoms with E-state index in [0.717, 1.165) is 9.35 Å². The van der Waals surface area contributed by atoms with Crippen LogP contribution in [0, 0.1) is 6.92 Å². The highest BCUT2D eigenvalue weighted by atomic mass is 79.9. The predicted molar refractivity (Wildman–Crippen MR) is 91.1 cm³/mol. The zero-order chi connectivity index (χ0) is 15.7. The highest BCUT2D eigenvalue weighted by Crippen LogP contribution is 2.27. The Labute approximate surface area is 140 Å². The molecule has 0 aliphatic heterocycles. The number of aryl methyl sites for hydroxylation is 1. The third kappa shape index (κ3) is 3.08.